The Hall–Kier alpha value is -3.45. The van der Waals surface area contributed by atoms with Crippen LogP contribution in [0, 0.1) is 5.92 Å². The number of tetrazole rings is 1. The number of ketones is 2. The number of carbonyl (C=O) groups is 2. The number of carbonyl (C=O) groups excluding carboxylic acids is 2. The molecular weight excluding hydrogens is 521 g/mol. The molecule has 3 N–H and O–H groups in total. The van der Waals surface area contributed by atoms with Crippen LogP contribution < -0.4 is 44.5 Å². The first-order valence-electron chi connectivity index (χ1n) is 13.2. The normalized spacial score (nSPS) is 19.6. The number of aromatic amines is 2. The van der Waals surface area contributed by atoms with E-state index < -0.39 is 11.5 Å². The number of piperidine rings is 1. The number of H-pyrrole nitrogens is 2. The van der Waals surface area contributed by atoms with Crippen LogP contribution in [0.1, 0.15) is 47.8 Å². The molecule has 12 nitrogen and oxygen atoms in total. The van der Waals surface area contributed by atoms with Gasteiger partial charge >= 0.3 is 29.6 Å². The van der Waals surface area contributed by atoms with Gasteiger partial charge in [0, 0.05) is 48.3 Å². The summed E-state index contributed by atoms with van der Waals surface area (Å²) in [5.41, 5.74) is 2.19. The van der Waals surface area contributed by atoms with Gasteiger partial charge in [-0.25, -0.2) is 4.98 Å². The van der Waals surface area contributed by atoms with E-state index in [2.05, 4.69) is 46.0 Å². The van der Waals surface area contributed by atoms with Crippen LogP contribution in [0.4, 0.5) is 5.69 Å². The van der Waals surface area contributed by atoms with Crippen LogP contribution in [0.3, 0.4) is 0 Å². The van der Waals surface area contributed by atoms with Gasteiger partial charge in [0.1, 0.15) is 23.6 Å². The van der Waals surface area contributed by atoms with E-state index in [9.17, 15) is 9.59 Å². The molecule has 0 radical (unpaired) electrons. The van der Waals surface area contributed by atoms with E-state index in [1.807, 2.05) is 12.1 Å². The van der Waals surface area contributed by atoms with Crippen LogP contribution in [0.2, 0.25) is 0 Å². The summed E-state index contributed by atoms with van der Waals surface area (Å²) in [6, 6.07) is 11.0. The smallest absolute Gasteiger partial charge is 1.00 e. The molecule has 3 aliphatic rings. The topological polar surface area (TPSA) is 155 Å². The van der Waals surface area contributed by atoms with Crippen molar-refractivity contribution in [3.8, 4) is 28.5 Å². The third-order valence-electron chi connectivity index (χ3n) is 8.02. The number of benzene rings is 2. The average molecular weight is 550 g/mol. The number of fused-ring (bicyclic) bond motifs is 1. The average Bonchev–Trinajstić information content (AvgIpc) is 3.77. The zero-order chi connectivity index (χ0) is 26.4. The Morgan fingerprint density at radius 2 is 1.90 bits per heavy atom. The molecule has 2 aromatic carbocycles. The van der Waals surface area contributed by atoms with Crippen LogP contribution in [-0.2, 0) is 0 Å². The third kappa shape index (κ3) is 4.64. The first-order valence-corrected chi connectivity index (χ1v) is 13.2. The van der Waals surface area contributed by atoms with Crippen LogP contribution in [0.5, 0.6) is 5.75 Å². The van der Waals surface area contributed by atoms with Crippen molar-refractivity contribution in [3.05, 3.63) is 53.9 Å². The first kappa shape index (κ1) is 26.8. The number of anilines is 1. The molecule has 0 bridgehead atoms. The molecule has 4 aromatic rings. The van der Waals surface area contributed by atoms with Crippen LogP contribution in [-0.4, -0.2) is 79.2 Å². The Bertz CT molecular complexity index is 1540. The molecule has 0 aliphatic carbocycles. The maximum atomic E-state index is 14.5. The van der Waals surface area contributed by atoms with Crippen molar-refractivity contribution in [1.82, 2.24) is 41.1 Å². The Morgan fingerprint density at radius 1 is 1.07 bits per heavy atom. The monoisotopic (exact) mass is 549 g/mol. The molecule has 5 heterocycles. The van der Waals surface area contributed by atoms with Crippen molar-refractivity contribution in [1.29, 1.82) is 0 Å². The quantitative estimate of drug-likeness (QED) is 0.170. The van der Waals surface area contributed by atoms with Gasteiger partial charge in [0.15, 0.2) is 17.4 Å². The van der Waals surface area contributed by atoms with E-state index in [0.717, 1.165) is 37.2 Å². The van der Waals surface area contributed by atoms with Gasteiger partial charge in [0.25, 0.3) is 0 Å². The van der Waals surface area contributed by atoms with Crippen LogP contribution >= 0.6 is 0 Å². The summed E-state index contributed by atoms with van der Waals surface area (Å²) in [5.74, 6) is -0.0790. The number of hydrogen-bond acceptors (Lipinski definition) is 10. The van der Waals surface area contributed by atoms with Gasteiger partial charge in [-0.1, -0.05) is 0 Å². The van der Waals surface area contributed by atoms with Crippen molar-refractivity contribution < 1.29 is 45.3 Å². The summed E-state index contributed by atoms with van der Waals surface area (Å²) in [6.45, 7) is 3.15. The summed E-state index contributed by atoms with van der Waals surface area (Å²) in [7, 11) is 0. The van der Waals surface area contributed by atoms with Crippen molar-refractivity contribution in [2.24, 2.45) is 5.92 Å². The Morgan fingerprint density at radius 3 is 2.62 bits per heavy atom. The van der Waals surface area contributed by atoms with Crippen molar-refractivity contribution in [2.75, 3.05) is 31.1 Å². The van der Waals surface area contributed by atoms with Gasteiger partial charge in [0.2, 0.25) is 5.82 Å². The Kier molecular flexibility index (Phi) is 7.26. The number of hydrogen-bond donors (Lipinski definition) is 3. The van der Waals surface area contributed by atoms with Crippen molar-refractivity contribution in [3.63, 3.8) is 0 Å². The molecule has 2 aromatic heterocycles. The van der Waals surface area contributed by atoms with E-state index >= 15 is 0 Å². The minimum atomic E-state index is -0.996. The molecule has 7 rings (SSSR count). The van der Waals surface area contributed by atoms with Gasteiger partial charge in [-0.3, -0.25) is 14.7 Å². The Labute approximate surface area is 253 Å². The third-order valence-corrected chi connectivity index (χ3v) is 8.02. The van der Waals surface area contributed by atoms with E-state index in [4.69, 9.17) is 4.74 Å². The molecule has 3 aliphatic heterocycles. The van der Waals surface area contributed by atoms with E-state index in [1.165, 1.54) is 6.33 Å². The summed E-state index contributed by atoms with van der Waals surface area (Å²) < 4.78 is 6.61. The zero-order valence-corrected chi connectivity index (χ0v) is 24.2. The van der Waals surface area contributed by atoms with Crippen LogP contribution in [0.15, 0.2) is 42.7 Å². The summed E-state index contributed by atoms with van der Waals surface area (Å²) in [4.78, 5) is 35.3. The van der Waals surface area contributed by atoms with Crippen molar-refractivity contribution in [2.45, 2.75) is 31.3 Å². The van der Waals surface area contributed by atoms with E-state index in [-0.39, 0.29) is 42.6 Å². The number of nitrogens with one attached hydrogen (secondary N) is 3. The minimum absolute atomic E-state index is 0. The molecule has 2 saturated heterocycles. The predicted octanol–water partition coefficient (Wildman–Crippen LogP) is -0.435. The molecule has 13 heteroatoms. The van der Waals surface area contributed by atoms with Gasteiger partial charge in [0.05, 0.1) is 5.56 Å². The van der Waals surface area contributed by atoms with Crippen molar-refractivity contribution >= 4 is 17.3 Å². The number of aromatic nitrogens is 7. The summed E-state index contributed by atoms with van der Waals surface area (Å²) >= 11 is 0. The maximum Gasteiger partial charge on any atom is 1.00 e. The molecule has 0 unspecified atom stereocenters. The van der Waals surface area contributed by atoms with Gasteiger partial charge in [-0.15, -0.1) is 10.2 Å². The van der Waals surface area contributed by atoms with E-state index in [1.54, 1.807) is 24.3 Å². The standard InChI is InChI=1S/C27H27N9O3.Na.H/c37-23(17-11-18(25-29-15-30-31-25)13-19(12-17)36-9-1-2-10-36)22-24(38)20-14-16(26-32-34-35-33-26)3-4-21(20)39-27(22)5-7-28-8-6-27;;/h3-4,11-15,22,28H,1-2,5-10H2,(H,29,30,31)(H,32,33,34,35);;/q;+1;-1/t22-;;/m1../s1. The van der Waals surface area contributed by atoms with E-state index in [0.29, 0.717) is 60.0 Å². The molecular formula is C27H28N9NaO3. The fraction of sp³-hybridized carbons (Fsp3) is 0.370. The SMILES string of the molecule is O=C(c1cc(-c2ncn[nH]2)cc(N2CCCC2)c1)[C@@H]1C(=O)c2cc(-c3nn[nH]n3)ccc2OC12CCNCC2.[H-].[Na+]. The largest absolute Gasteiger partial charge is 1.00 e. The molecule has 2 fully saturated rings. The number of rotatable bonds is 5. The maximum absolute atomic E-state index is 14.5. The van der Waals surface area contributed by atoms with Gasteiger partial charge in [-0.2, -0.15) is 10.3 Å². The Balaban J connectivity index is 0.00000169. The minimum Gasteiger partial charge on any atom is -1.00 e. The number of nitrogens with zero attached hydrogens (tertiary/aromatic N) is 6. The zero-order valence-electron chi connectivity index (χ0n) is 23.2. The summed E-state index contributed by atoms with van der Waals surface area (Å²) in [6.07, 6.45) is 4.73. The fourth-order valence-corrected chi connectivity index (χ4v) is 6.07. The predicted molar refractivity (Wildman–Crippen MR) is 142 cm³/mol. The number of ether oxygens (including phenoxy) is 1. The molecule has 200 valence electrons. The molecule has 1 spiro atoms. The second kappa shape index (κ2) is 10.8. The number of Topliss-reactive ketones (excluding diaryl/α,β-unsaturated/α-hetero) is 2. The second-order valence-electron chi connectivity index (χ2n) is 10.3. The molecule has 0 saturated carbocycles. The molecule has 1 atom stereocenters. The second-order valence-corrected chi connectivity index (χ2v) is 10.3. The van der Waals surface area contributed by atoms with Gasteiger partial charge in [-0.05, 0) is 67.5 Å². The molecule has 40 heavy (non-hydrogen) atoms. The molecule has 0 amide bonds. The first-order chi connectivity index (χ1) is 19.1. The van der Waals surface area contributed by atoms with Gasteiger partial charge < -0.3 is 16.4 Å². The fourth-order valence-electron chi connectivity index (χ4n) is 6.07. The summed E-state index contributed by atoms with van der Waals surface area (Å²) in [5, 5.41) is 24.4. The van der Waals surface area contributed by atoms with Crippen LogP contribution in [0.25, 0.3) is 22.8 Å².